The minimum absolute atomic E-state index is 0.599. The van der Waals surface area contributed by atoms with Gasteiger partial charge in [0.25, 0.3) is 0 Å². The summed E-state index contributed by atoms with van der Waals surface area (Å²) < 4.78 is 1.99. The first-order valence-corrected chi connectivity index (χ1v) is 7.44. The Kier molecular flexibility index (Phi) is 3.28. The average Bonchev–Trinajstić information content (AvgIpc) is 3.03. The van der Waals surface area contributed by atoms with Crippen LogP contribution in [-0.4, -0.2) is 27.3 Å². The topological polar surface area (TPSA) is 29.9 Å². The van der Waals surface area contributed by atoms with E-state index in [0.29, 0.717) is 6.04 Å². The van der Waals surface area contributed by atoms with Gasteiger partial charge in [-0.15, -0.1) is 0 Å². The van der Waals surface area contributed by atoms with Crippen molar-refractivity contribution < 1.29 is 0 Å². The monoisotopic (exact) mass is 259 g/mol. The van der Waals surface area contributed by atoms with E-state index in [1.165, 1.54) is 23.6 Å². The van der Waals surface area contributed by atoms with Crippen LogP contribution in [0.4, 0.5) is 5.69 Å². The summed E-state index contributed by atoms with van der Waals surface area (Å²) in [5.41, 5.74) is 3.45. The van der Waals surface area contributed by atoms with Gasteiger partial charge in [0.2, 0.25) is 0 Å². The Morgan fingerprint density at radius 1 is 1.33 bits per heavy atom. The summed E-state index contributed by atoms with van der Waals surface area (Å²) in [6, 6.07) is 10.9. The van der Waals surface area contributed by atoms with Crippen molar-refractivity contribution in [1.82, 2.24) is 9.78 Å². The van der Waals surface area contributed by atoms with E-state index >= 15 is 0 Å². The second kappa shape index (κ2) is 5.06. The number of benzene rings is 1. The molecule has 1 aromatic heterocycles. The van der Waals surface area contributed by atoms with Crippen molar-refractivity contribution in [2.75, 3.05) is 16.8 Å². The fourth-order valence-electron chi connectivity index (χ4n) is 2.25. The largest absolute Gasteiger partial charge is 0.379 e. The predicted molar refractivity (Wildman–Crippen MR) is 77.7 cm³/mol. The van der Waals surface area contributed by atoms with Crippen molar-refractivity contribution in [3.63, 3.8) is 0 Å². The number of thioether (sulfide) groups is 1. The zero-order valence-electron chi connectivity index (χ0n) is 10.5. The van der Waals surface area contributed by atoms with Gasteiger partial charge in [0.05, 0.1) is 23.3 Å². The molecule has 0 unspecified atom stereocenters. The lowest BCUT2D eigenvalue weighted by Crippen LogP contribution is -2.18. The lowest BCUT2D eigenvalue weighted by Gasteiger charge is -2.12. The van der Waals surface area contributed by atoms with E-state index in [4.69, 9.17) is 0 Å². The molecule has 0 saturated carbocycles. The molecule has 1 aliphatic rings. The predicted octanol–water partition coefficient (Wildman–Crippen LogP) is 3.10. The zero-order valence-corrected chi connectivity index (χ0v) is 11.3. The van der Waals surface area contributed by atoms with Crippen molar-refractivity contribution >= 4 is 17.4 Å². The molecule has 0 spiro atoms. The summed E-state index contributed by atoms with van der Waals surface area (Å²) >= 11 is 2.02. The highest BCUT2D eigenvalue weighted by Crippen LogP contribution is 2.24. The number of nitrogens with one attached hydrogen (secondary N) is 1. The van der Waals surface area contributed by atoms with Gasteiger partial charge in [-0.05, 0) is 31.2 Å². The van der Waals surface area contributed by atoms with Crippen molar-refractivity contribution in [2.24, 2.45) is 0 Å². The fourth-order valence-corrected chi connectivity index (χ4v) is 3.40. The molecule has 0 amide bonds. The Morgan fingerprint density at radius 3 is 2.89 bits per heavy atom. The summed E-state index contributed by atoms with van der Waals surface area (Å²) in [6.07, 6.45) is 3.19. The normalized spacial score (nSPS) is 19.1. The molecular weight excluding hydrogens is 242 g/mol. The van der Waals surface area contributed by atoms with E-state index in [9.17, 15) is 0 Å². The minimum atomic E-state index is 0.599. The van der Waals surface area contributed by atoms with Crippen molar-refractivity contribution in [3.8, 4) is 5.69 Å². The Bertz CT molecular complexity index is 515. The minimum Gasteiger partial charge on any atom is -0.379 e. The van der Waals surface area contributed by atoms with Crippen LogP contribution < -0.4 is 5.32 Å². The van der Waals surface area contributed by atoms with E-state index in [0.717, 1.165) is 11.4 Å². The maximum Gasteiger partial charge on any atom is 0.0763 e. The molecule has 3 rings (SSSR count). The molecule has 18 heavy (non-hydrogen) atoms. The molecule has 1 atom stereocenters. The Hall–Kier alpha value is -1.42. The molecule has 0 bridgehead atoms. The third-order valence-corrected chi connectivity index (χ3v) is 4.46. The highest BCUT2D eigenvalue weighted by Gasteiger charge is 2.17. The van der Waals surface area contributed by atoms with Gasteiger partial charge < -0.3 is 5.32 Å². The molecule has 4 heteroatoms. The quantitative estimate of drug-likeness (QED) is 0.918. The number of rotatable bonds is 3. The first-order valence-electron chi connectivity index (χ1n) is 6.29. The average molecular weight is 259 g/mol. The van der Waals surface area contributed by atoms with Gasteiger partial charge >= 0.3 is 0 Å². The molecule has 1 N–H and O–H groups in total. The number of hydrogen-bond donors (Lipinski definition) is 1. The second-order valence-corrected chi connectivity index (χ2v) is 5.75. The van der Waals surface area contributed by atoms with Gasteiger partial charge in [-0.25, -0.2) is 4.68 Å². The van der Waals surface area contributed by atoms with E-state index in [2.05, 4.69) is 29.5 Å². The first kappa shape index (κ1) is 11.7. The van der Waals surface area contributed by atoms with Crippen LogP contribution in [0.3, 0.4) is 0 Å². The highest BCUT2D eigenvalue weighted by atomic mass is 32.2. The van der Waals surface area contributed by atoms with Crippen LogP contribution in [0.15, 0.2) is 36.5 Å². The standard InChI is InChI=1S/C14H17N3S/c1-11-14(16-12-7-8-18-10-12)9-15-17(11)13-5-3-2-4-6-13/h2-6,9,12,16H,7-8,10H2,1H3/t12-/m1/s1. The number of para-hydroxylation sites is 1. The smallest absolute Gasteiger partial charge is 0.0763 e. The molecule has 1 aromatic carbocycles. The Balaban J connectivity index is 1.83. The molecule has 94 valence electrons. The van der Waals surface area contributed by atoms with E-state index < -0.39 is 0 Å². The first-order chi connectivity index (χ1) is 8.84. The van der Waals surface area contributed by atoms with E-state index in [1.54, 1.807) is 0 Å². The van der Waals surface area contributed by atoms with Gasteiger partial charge in [-0.3, -0.25) is 0 Å². The van der Waals surface area contributed by atoms with Crippen LogP contribution in [0.5, 0.6) is 0 Å². The fraction of sp³-hybridized carbons (Fsp3) is 0.357. The second-order valence-electron chi connectivity index (χ2n) is 4.60. The molecule has 0 radical (unpaired) electrons. The lowest BCUT2D eigenvalue weighted by atomic mass is 10.2. The molecule has 1 saturated heterocycles. The number of anilines is 1. The Morgan fingerprint density at radius 2 is 2.17 bits per heavy atom. The number of hydrogen-bond acceptors (Lipinski definition) is 3. The van der Waals surface area contributed by atoms with Crippen LogP contribution in [0.1, 0.15) is 12.1 Å². The number of nitrogens with zero attached hydrogens (tertiary/aromatic N) is 2. The Labute approximate surface area is 112 Å². The molecular formula is C14H17N3S. The van der Waals surface area contributed by atoms with Crippen molar-refractivity contribution in [1.29, 1.82) is 0 Å². The molecule has 1 aliphatic heterocycles. The maximum atomic E-state index is 4.48. The highest BCUT2D eigenvalue weighted by molar-refractivity contribution is 7.99. The molecule has 2 heterocycles. The molecule has 1 fully saturated rings. The van der Waals surface area contributed by atoms with Gasteiger partial charge in [0, 0.05) is 11.8 Å². The summed E-state index contributed by atoms with van der Waals surface area (Å²) in [5, 5.41) is 8.07. The third kappa shape index (κ3) is 2.25. The zero-order chi connectivity index (χ0) is 12.4. The van der Waals surface area contributed by atoms with Crippen molar-refractivity contribution in [3.05, 3.63) is 42.2 Å². The molecule has 3 nitrogen and oxygen atoms in total. The van der Waals surface area contributed by atoms with Crippen LogP contribution in [0, 0.1) is 6.92 Å². The van der Waals surface area contributed by atoms with Gasteiger partial charge in [0.1, 0.15) is 0 Å². The molecule has 0 aliphatic carbocycles. The van der Waals surface area contributed by atoms with E-state index in [1.807, 2.05) is 40.8 Å². The maximum absolute atomic E-state index is 4.48. The van der Waals surface area contributed by atoms with Crippen LogP contribution >= 0.6 is 11.8 Å². The summed E-state index contributed by atoms with van der Waals surface area (Å²) in [5.74, 6) is 2.47. The summed E-state index contributed by atoms with van der Waals surface area (Å²) in [4.78, 5) is 0. The van der Waals surface area contributed by atoms with Gasteiger partial charge in [-0.1, -0.05) is 18.2 Å². The van der Waals surface area contributed by atoms with Gasteiger partial charge in [-0.2, -0.15) is 16.9 Å². The van der Waals surface area contributed by atoms with E-state index in [-0.39, 0.29) is 0 Å². The third-order valence-electron chi connectivity index (χ3n) is 3.30. The van der Waals surface area contributed by atoms with Gasteiger partial charge in [0.15, 0.2) is 0 Å². The lowest BCUT2D eigenvalue weighted by molar-refractivity contribution is 0.809. The van der Waals surface area contributed by atoms with Crippen LogP contribution in [0.2, 0.25) is 0 Å². The summed E-state index contributed by atoms with van der Waals surface area (Å²) in [6.45, 7) is 2.12. The molecule has 2 aromatic rings. The SMILES string of the molecule is Cc1c(N[C@@H]2CCSC2)cnn1-c1ccccc1. The van der Waals surface area contributed by atoms with Crippen LogP contribution in [0.25, 0.3) is 5.69 Å². The van der Waals surface area contributed by atoms with Crippen LogP contribution in [-0.2, 0) is 0 Å². The van der Waals surface area contributed by atoms with Crippen molar-refractivity contribution in [2.45, 2.75) is 19.4 Å². The summed E-state index contributed by atoms with van der Waals surface area (Å²) in [7, 11) is 0. The number of aromatic nitrogens is 2.